The minimum Gasteiger partial charge on any atom is -0.477 e. The van der Waals surface area contributed by atoms with Gasteiger partial charge in [0.2, 0.25) is 0 Å². The Morgan fingerprint density at radius 2 is 1.69 bits per heavy atom. The van der Waals surface area contributed by atoms with Crippen molar-refractivity contribution in [3.05, 3.63) is 63.6 Å². The number of aromatic amines is 1. The minimum absolute atomic E-state index is 0.173. The molecule has 1 aliphatic heterocycles. The van der Waals surface area contributed by atoms with Crippen molar-refractivity contribution in [2.75, 3.05) is 18.4 Å². The summed E-state index contributed by atoms with van der Waals surface area (Å²) in [6.45, 7) is 1.36. The summed E-state index contributed by atoms with van der Waals surface area (Å²) in [5.41, 5.74) is -0.710. The molecule has 0 bridgehead atoms. The van der Waals surface area contributed by atoms with Crippen molar-refractivity contribution in [2.45, 2.75) is 12.8 Å². The number of nitrogens with one attached hydrogen (secondary N) is 2. The fourth-order valence-corrected chi connectivity index (χ4v) is 2.84. The van der Waals surface area contributed by atoms with E-state index < -0.39 is 17.4 Å². The smallest absolute Gasteiger partial charge is 0.352 e. The Hall–Kier alpha value is -3.42. The number of aromatic nitrogens is 1. The lowest BCUT2D eigenvalue weighted by Crippen LogP contribution is -2.29. The highest BCUT2D eigenvalue weighted by Crippen LogP contribution is 2.20. The van der Waals surface area contributed by atoms with Crippen LogP contribution in [0.15, 0.2) is 41.2 Å². The number of aromatic carboxylic acids is 1. The number of carbonyl (C=O) groups excluding carboxylic acids is 2. The number of para-hydroxylation sites is 1. The molecule has 0 saturated carbocycles. The lowest BCUT2D eigenvalue weighted by Gasteiger charge is -2.17. The third-order valence-electron chi connectivity index (χ3n) is 4.18. The maximum Gasteiger partial charge on any atom is 0.352 e. The third kappa shape index (κ3) is 3.49. The van der Waals surface area contributed by atoms with Crippen LogP contribution in [0.5, 0.6) is 0 Å². The second-order valence-corrected chi connectivity index (χ2v) is 5.92. The van der Waals surface area contributed by atoms with Crippen LogP contribution in [0.25, 0.3) is 0 Å². The molecule has 0 unspecified atom stereocenters. The lowest BCUT2D eigenvalue weighted by molar-refractivity contribution is 0.0688. The first kappa shape index (κ1) is 17.4. The molecule has 0 spiro atoms. The van der Waals surface area contributed by atoms with Gasteiger partial charge >= 0.3 is 5.97 Å². The molecule has 0 radical (unpaired) electrons. The van der Waals surface area contributed by atoms with E-state index in [-0.39, 0.29) is 17.2 Å². The number of carbonyl (C=O) groups is 3. The van der Waals surface area contributed by atoms with Crippen LogP contribution in [-0.2, 0) is 0 Å². The summed E-state index contributed by atoms with van der Waals surface area (Å²) in [5, 5.41) is 11.4. The first-order chi connectivity index (χ1) is 12.5. The standard InChI is InChI=1S/C18H17N3O5/c22-15(12-7-8-14(18(25)26)20-16(12)23)19-13-6-2-1-5-11(13)17(24)21-9-3-4-10-21/h1-2,5-8H,3-4,9-10H2,(H,19,22)(H,20,23)(H,25,26). The molecule has 26 heavy (non-hydrogen) atoms. The van der Waals surface area contributed by atoms with Crippen molar-refractivity contribution >= 4 is 23.5 Å². The largest absolute Gasteiger partial charge is 0.477 e. The second-order valence-electron chi connectivity index (χ2n) is 5.92. The summed E-state index contributed by atoms with van der Waals surface area (Å²) >= 11 is 0. The molecule has 1 aliphatic rings. The van der Waals surface area contributed by atoms with Gasteiger partial charge in [0.1, 0.15) is 11.3 Å². The predicted octanol–water partition coefficient (Wildman–Crippen LogP) is 1.56. The number of carboxylic acid groups (broad SMARTS) is 1. The number of anilines is 1. The molecule has 2 aromatic rings. The highest BCUT2D eigenvalue weighted by atomic mass is 16.4. The van der Waals surface area contributed by atoms with Crippen molar-refractivity contribution in [3.8, 4) is 0 Å². The van der Waals surface area contributed by atoms with E-state index in [2.05, 4.69) is 10.3 Å². The van der Waals surface area contributed by atoms with Gasteiger partial charge in [0.15, 0.2) is 0 Å². The van der Waals surface area contributed by atoms with Gasteiger partial charge < -0.3 is 20.3 Å². The molecular weight excluding hydrogens is 338 g/mol. The van der Waals surface area contributed by atoms with Gasteiger partial charge in [0, 0.05) is 13.1 Å². The number of carboxylic acids is 1. The predicted molar refractivity (Wildman–Crippen MR) is 93.6 cm³/mol. The Labute approximate surface area is 148 Å². The Morgan fingerprint density at radius 3 is 2.35 bits per heavy atom. The normalized spacial score (nSPS) is 13.5. The number of amides is 2. The SMILES string of the molecule is O=C(O)c1ccc(C(=O)Nc2ccccc2C(=O)N2CCCC2)c(=O)[nH]1. The van der Waals surface area contributed by atoms with E-state index in [1.165, 1.54) is 0 Å². The summed E-state index contributed by atoms with van der Waals surface area (Å²) < 4.78 is 0. The van der Waals surface area contributed by atoms with E-state index in [0.717, 1.165) is 25.0 Å². The molecule has 3 rings (SSSR count). The molecule has 1 fully saturated rings. The van der Waals surface area contributed by atoms with Gasteiger partial charge in [-0.25, -0.2) is 4.79 Å². The number of benzene rings is 1. The van der Waals surface area contributed by atoms with Crippen molar-refractivity contribution in [3.63, 3.8) is 0 Å². The van der Waals surface area contributed by atoms with Gasteiger partial charge in [-0.15, -0.1) is 0 Å². The van der Waals surface area contributed by atoms with Crippen LogP contribution in [0, 0.1) is 0 Å². The number of H-pyrrole nitrogens is 1. The average molecular weight is 355 g/mol. The van der Waals surface area contributed by atoms with Crippen molar-refractivity contribution in [1.29, 1.82) is 0 Å². The zero-order valence-electron chi connectivity index (χ0n) is 13.8. The Balaban J connectivity index is 1.85. The van der Waals surface area contributed by atoms with E-state index in [1.54, 1.807) is 29.2 Å². The second kappa shape index (κ2) is 7.22. The number of rotatable bonds is 4. The topological polar surface area (TPSA) is 120 Å². The summed E-state index contributed by atoms with van der Waals surface area (Å²) in [5.74, 6) is -2.19. The Morgan fingerprint density at radius 1 is 1.00 bits per heavy atom. The molecule has 2 heterocycles. The summed E-state index contributed by atoms with van der Waals surface area (Å²) in [6, 6.07) is 8.86. The van der Waals surface area contributed by atoms with Crippen LogP contribution in [0.2, 0.25) is 0 Å². The quantitative estimate of drug-likeness (QED) is 0.769. The van der Waals surface area contributed by atoms with Gasteiger partial charge in [0.05, 0.1) is 11.3 Å². The van der Waals surface area contributed by atoms with E-state index in [1.807, 2.05) is 0 Å². The summed E-state index contributed by atoms with van der Waals surface area (Å²) in [6.07, 6.45) is 1.90. The molecule has 0 atom stereocenters. The monoisotopic (exact) mass is 355 g/mol. The first-order valence-corrected chi connectivity index (χ1v) is 8.13. The van der Waals surface area contributed by atoms with Gasteiger partial charge in [-0.1, -0.05) is 12.1 Å². The van der Waals surface area contributed by atoms with Gasteiger partial charge in [-0.3, -0.25) is 14.4 Å². The van der Waals surface area contributed by atoms with Crippen LogP contribution in [-0.4, -0.2) is 45.9 Å². The summed E-state index contributed by atoms with van der Waals surface area (Å²) in [7, 11) is 0. The van der Waals surface area contributed by atoms with E-state index in [4.69, 9.17) is 5.11 Å². The van der Waals surface area contributed by atoms with Gasteiger partial charge in [-0.05, 0) is 37.1 Å². The molecule has 1 aromatic heterocycles. The molecule has 1 saturated heterocycles. The van der Waals surface area contributed by atoms with E-state index in [9.17, 15) is 19.2 Å². The lowest BCUT2D eigenvalue weighted by atomic mass is 10.1. The number of pyridine rings is 1. The highest BCUT2D eigenvalue weighted by Gasteiger charge is 2.23. The molecule has 134 valence electrons. The minimum atomic E-state index is -1.30. The maximum atomic E-state index is 12.6. The zero-order valence-corrected chi connectivity index (χ0v) is 13.8. The molecule has 8 nitrogen and oxygen atoms in total. The molecule has 3 N–H and O–H groups in total. The molecule has 0 aliphatic carbocycles. The van der Waals surface area contributed by atoms with Crippen molar-refractivity contribution in [1.82, 2.24) is 9.88 Å². The van der Waals surface area contributed by atoms with Crippen LogP contribution in [0.4, 0.5) is 5.69 Å². The Bertz CT molecular complexity index is 928. The molecule has 1 aromatic carbocycles. The van der Waals surface area contributed by atoms with Crippen LogP contribution in [0.3, 0.4) is 0 Å². The zero-order chi connectivity index (χ0) is 18.7. The van der Waals surface area contributed by atoms with E-state index >= 15 is 0 Å². The van der Waals surface area contributed by atoms with Gasteiger partial charge in [-0.2, -0.15) is 0 Å². The van der Waals surface area contributed by atoms with Crippen LogP contribution in [0.1, 0.15) is 44.0 Å². The number of likely N-dealkylation sites (tertiary alicyclic amines) is 1. The average Bonchev–Trinajstić information content (AvgIpc) is 3.16. The van der Waals surface area contributed by atoms with Crippen LogP contribution < -0.4 is 10.9 Å². The third-order valence-corrected chi connectivity index (χ3v) is 4.18. The summed E-state index contributed by atoms with van der Waals surface area (Å²) in [4.78, 5) is 51.7. The number of nitrogens with zero attached hydrogens (tertiary/aromatic N) is 1. The van der Waals surface area contributed by atoms with Crippen molar-refractivity contribution < 1.29 is 19.5 Å². The molecule has 2 amide bonds. The Kier molecular flexibility index (Phi) is 4.83. The van der Waals surface area contributed by atoms with Gasteiger partial charge in [0.25, 0.3) is 17.4 Å². The highest BCUT2D eigenvalue weighted by molar-refractivity contribution is 6.09. The molecule has 8 heteroatoms. The first-order valence-electron chi connectivity index (χ1n) is 8.13. The number of hydrogen-bond donors (Lipinski definition) is 3. The van der Waals surface area contributed by atoms with Crippen molar-refractivity contribution in [2.24, 2.45) is 0 Å². The maximum absolute atomic E-state index is 12.6. The fraction of sp³-hybridized carbons (Fsp3) is 0.222. The fourth-order valence-electron chi connectivity index (χ4n) is 2.84. The molecular formula is C18H17N3O5. The van der Waals surface area contributed by atoms with Crippen LogP contribution >= 0.6 is 0 Å². The number of hydrogen-bond acceptors (Lipinski definition) is 4. The van der Waals surface area contributed by atoms with E-state index in [0.29, 0.717) is 24.3 Å².